The summed E-state index contributed by atoms with van der Waals surface area (Å²) in [7, 11) is 0. The van der Waals surface area contributed by atoms with Crippen molar-refractivity contribution in [2.75, 3.05) is 19.6 Å². The summed E-state index contributed by atoms with van der Waals surface area (Å²) < 4.78 is 0. The summed E-state index contributed by atoms with van der Waals surface area (Å²) in [4.78, 5) is 23.2. The van der Waals surface area contributed by atoms with E-state index >= 15 is 0 Å². The predicted molar refractivity (Wildman–Crippen MR) is 64.3 cm³/mol. The molecule has 5 nitrogen and oxygen atoms in total. The third-order valence-corrected chi connectivity index (χ3v) is 3.45. The van der Waals surface area contributed by atoms with Gasteiger partial charge in [0.05, 0.1) is 5.92 Å². The second-order valence-corrected chi connectivity index (χ2v) is 5.12. The standard InChI is InChI=1S/C12H21N3O2/c1-8-6-13-7-10(8)12(17)14-5-4-11(16)15-9-2-3-9/h8-10,13H,2-7H2,1H3,(H,14,17)(H,15,16). The Bertz CT molecular complexity index is 302. The summed E-state index contributed by atoms with van der Waals surface area (Å²) in [5.74, 6) is 0.559. The first-order valence-electron chi connectivity index (χ1n) is 6.44. The van der Waals surface area contributed by atoms with Crippen molar-refractivity contribution in [3.8, 4) is 0 Å². The minimum absolute atomic E-state index is 0.0467. The van der Waals surface area contributed by atoms with E-state index in [1.807, 2.05) is 0 Å². The fraction of sp³-hybridized carbons (Fsp3) is 0.833. The van der Waals surface area contributed by atoms with Crippen molar-refractivity contribution in [1.82, 2.24) is 16.0 Å². The van der Waals surface area contributed by atoms with E-state index in [9.17, 15) is 9.59 Å². The average Bonchev–Trinajstić information content (AvgIpc) is 2.98. The Balaban J connectivity index is 1.60. The van der Waals surface area contributed by atoms with Crippen molar-refractivity contribution >= 4 is 11.8 Å². The summed E-state index contributed by atoms with van der Waals surface area (Å²) in [5.41, 5.74) is 0. The van der Waals surface area contributed by atoms with E-state index < -0.39 is 0 Å². The molecule has 0 spiro atoms. The van der Waals surface area contributed by atoms with E-state index in [4.69, 9.17) is 0 Å². The molecular formula is C12H21N3O2. The molecule has 2 unspecified atom stereocenters. The third kappa shape index (κ3) is 3.70. The summed E-state index contributed by atoms with van der Waals surface area (Å²) in [5, 5.41) is 8.94. The minimum Gasteiger partial charge on any atom is -0.355 e. The molecule has 5 heteroatoms. The van der Waals surface area contributed by atoms with E-state index in [2.05, 4.69) is 22.9 Å². The Kier molecular flexibility index (Phi) is 3.99. The molecule has 1 saturated carbocycles. The normalized spacial score (nSPS) is 27.8. The van der Waals surface area contributed by atoms with Gasteiger partial charge in [-0.3, -0.25) is 9.59 Å². The number of carbonyl (C=O) groups excluding carboxylic acids is 2. The summed E-state index contributed by atoms with van der Waals surface area (Å²) in [6.45, 7) is 4.17. The van der Waals surface area contributed by atoms with Crippen LogP contribution in [0, 0.1) is 11.8 Å². The first-order valence-corrected chi connectivity index (χ1v) is 6.44. The van der Waals surface area contributed by atoms with Gasteiger partial charge in [-0.05, 0) is 25.3 Å². The molecule has 1 saturated heterocycles. The van der Waals surface area contributed by atoms with Crippen molar-refractivity contribution in [2.45, 2.75) is 32.2 Å². The van der Waals surface area contributed by atoms with Gasteiger partial charge in [-0.2, -0.15) is 0 Å². The zero-order chi connectivity index (χ0) is 12.3. The van der Waals surface area contributed by atoms with Crippen LogP contribution in [-0.2, 0) is 9.59 Å². The van der Waals surface area contributed by atoms with Gasteiger partial charge in [-0.1, -0.05) is 6.92 Å². The molecular weight excluding hydrogens is 218 g/mol. The third-order valence-electron chi connectivity index (χ3n) is 3.45. The Morgan fingerprint density at radius 2 is 2.06 bits per heavy atom. The molecule has 0 radical (unpaired) electrons. The van der Waals surface area contributed by atoms with Crippen molar-refractivity contribution < 1.29 is 9.59 Å². The molecule has 0 bridgehead atoms. The first kappa shape index (κ1) is 12.4. The number of nitrogens with one attached hydrogen (secondary N) is 3. The largest absolute Gasteiger partial charge is 0.355 e. The lowest BCUT2D eigenvalue weighted by Gasteiger charge is -2.13. The van der Waals surface area contributed by atoms with Crippen LogP contribution in [0.15, 0.2) is 0 Å². The Morgan fingerprint density at radius 3 is 2.65 bits per heavy atom. The van der Waals surface area contributed by atoms with Crippen LogP contribution in [0.1, 0.15) is 26.2 Å². The highest BCUT2D eigenvalue weighted by molar-refractivity contribution is 5.81. The lowest BCUT2D eigenvalue weighted by molar-refractivity contribution is -0.125. The molecule has 2 aliphatic rings. The fourth-order valence-corrected chi connectivity index (χ4v) is 2.12. The minimum atomic E-state index is 0.0467. The molecule has 2 fully saturated rings. The number of hydrogen-bond acceptors (Lipinski definition) is 3. The predicted octanol–water partition coefficient (Wildman–Crippen LogP) is -0.373. The van der Waals surface area contributed by atoms with E-state index in [0.717, 1.165) is 25.9 Å². The molecule has 0 aromatic rings. The molecule has 1 heterocycles. The average molecular weight is 239 g/mol. The van der Waals surface area contributed by atoms with Crippen LogP contribution in [-0.4, -0.2) is 37.5 Å². The van der Waals surface area contributed by atoms with Gasteiger partial charge in [0.2, 0.25) is 11.8 Å². The maximum Gasteiger partial charge on any atom is 0.224 e. The molecule has 1 aliphatic carbocycles. The molecule has 0 aromatic heterocycles. The van der Waals surface area contributed by atoms with E-state index in [1.54, 1.807) is 0 Å². The fourth-order valence-electron chi connectivity index (χ4n) is 2.12. The topological polar surface area (TPSA) is 70.2 Å². The van der Waals surface area contributed by atoms with Gasteiger partial charge in [-0.25, -0.2) is 0 Å². The van der Waals surface area contributed by atoms with Gasteiger partial charge < -0.3 is 16.0 Å². The molecule has 96 valence electrons. The smallest absolute Gasteiger partial charge is 0.224 e. The highest BCUT2D eigenvalue weighted by Gasteiger charge is 2.29. The zero-order valence-corrected chi connectivity index (χ0v) is 10.3. The second kappa shape index (κ2) is 5.49. The lowest BCUT2D eigenvalue weighted by atomic mass is 9.97. The number of carbonyl (C=O) groups is 2. The Morgan fingerprint density at radius 1 is 1.29 bits per heavy atom. The van der Waals surface area contributed by atoms with Crippen molar-refractivity contribution in [2.24, 2.45) is 11.8 Å². The Labute approximate surface area is 102 Å². The number of rotatable bonds is 5. The molecule has 1 aliphatic heterocycles. The van der Waals surface area contributed by atoms with Crippen LogP contribution in [0.25, 0.3) is 0 Å². The van der Waals surface area contributed by atoms with Gasteiger partial charge in [0.15, 0.2) is 0 Å². The van der Waals surface area contributed by atoms with Gasteiger partial charge in [0, 0.05) is 25.6 Å². The lowest BCUT2D eigenvalue weighted by Crippen LogP contribution is -2.37. The van der Waals surface area contributed by atoms with Crippen molar-refractivity contribution in [1.29, 1.82) is 0 Å². The molecule has 2 rings (SSSR count). The maximum atomic E-state index is 11.8. The number of hydrogen-bond donors (Lipinski definition) is 3. The van der Waals surface area contributed by atoms with Gasteiger partial charge in [0.25, 0.3) is 0 Å². The summed E-state index contributed by atoms with van der Waals surface area (Å²) in [6.07, 6.45) is 2.59. The van der Waals surface area contributed by atoms with Crippen LogP contribution in [0.5, 0.6) is 0 Å². The van der Waals surface area contributed by atoms with Crippen molar-refractivity contribution in [3.63, 3.8) is 0 Å². The molecule has 3 N–H and O–H groups in total. The van der Waals surface area contributed by atoms with E-state index in [1.165, 1.54) is 0 Å². The summed E-state index contributed by atoms with van der Waals surface area (Å²) >= 11 is 0. The van der Waals surface area contributed by atoms with Gasteiger partial charge in [-0.15, -0.1) is 0 Å². The van der Waals surface area contributed by atoms with Crippen LogP contribution in [0.3, 0.4) is 0 Å². The quantitative estimate of drug-likeness (QED) is 0.613. The van der Waals surface area contributed by atoms with Crippen LogP contribution in [0.2, 0.25) is 0 Å². The highest BCUT2D eigenvalue weighted by atomic mass is 16.2. The highest BCUT2D eigenvalue weighted by Crippen LogP contribution is 2.18. The molecule has 2 amide bonds. The maximum absolute atomic E-state index is 11.8. The summed E-state index contributed by atoms with van der Waals surface area (Å²) in [6, 6.07) is 0.400. The number of amides is 2. The second-order valence-electron chi connectivity index (χ2n) is 5.12. The zero-order valence-electron chi connectivity index (χ0n) is 10.3. The Hall–Kier alpha value is -1.10. The van der Waals surface area contributed by atoms with Crippen molar-refractivity contribution in [3.05, 3.63) is 0 Å². The van der Waals surface area contributed by atoms with Crippen LogP contribution in [0.4, 0.5) is 0 Å². The van der Waals surface area contributed by atoms with E-state index in [-0.39, 0.29) is 17.7 Å². The molecule has 2 atom stereocenters. The monoisotopic (exact) mass is 239 g/mol. The van der Waals surface area contributed by atoms with Crippen LogP contribution >= 0.6 is 0 Å². The van der Waals surface area contributed by atoms with Gasteiger partial charge in [0.1, 0.15) is 0 Å². The molecule has 0 aromatic carbocycles. The van der Waals surface area contributed by atoms with E-state index in [0.29, 0.717) is 24.9 Å². The molecule has 17 heavy (non-hydrogen) atoms. The van der Waals surface area contributed by atoms with Crippen LogP contribution < -0.4 is 16.0 Å². The van der Waals surface area contributed by atoms with Gasteiger partial charge >= 0.3 is 0 Å². The first-order chi connectivity index (χ1) is 8.16. The SMILES string of the molecule is CC1CNCC1C(=O)NCCC(=O)NC1CC1.